The lowest BCUT2D eigenvalue weighted by molar-refractivity contribution is -0.0498. The standard InChI is InChI=1S/C14H21F2NOS/c1-4-12(9-19-3)17-10(2)11-5-7-13(8-6-11)18-14(15)16/h5-8,10,12,14,17H,4,9H2,1-3H3. The van der Waals surface area contributed by atoms with Crippen molar-refractivity contribution < 1.29 is 13.5 Å². The average Bonchev–Trinajstić information content (AvgIpc) is 2.38. The van der Waals surface area contributed by atoms with Crippen LogP contribution in [0, 0.1) is 0 Å². The fourth-order valence-electron chi connectivity index (χ4n) is 1.87. The van der Waals surface area contributed by atoms with Gasteiger partial charge in [-0.25, -0.2) is 0 Å². The molecule has 2 atom stereocenters. The van der Waals surface area contributed by atoms with Crippen LogP contribution in [0.2, 0.25) is 0 Å². The van der Waals surface area contributed by atoms with E-state index in [0.717, 1.165) is 17.7 Å². The third-order valence-electron chi connectivity index (χ3n) is 2.95. The molecular formula is C14H21F2NOS. The highest BCUT2D eigenvalue weighted by Gasteiger charge is 2.12. The van der Waals surface area contributed by atoms with Gasteiger partial charge in [-0.05, 0) is 37.3 Å². The maximum Gasteiger partial charge on any atom is 0.387 e. The van der Waals surface area contributed by atoms with Crippen molar-refractivity contribution in [3.8, 4) is 5.75 Å². The van der Waals surface area contributed by atoms with Crippen molar-refractivity contribution in [3.05, 3.63) is 29.8 Å². The minimum absolute atomic E-state index is 0.192. The molecule has 19 heavy (non-hydrogen) atoms. The monoisotopic (exact) mass is 289 g/mol. The number of benzene rings is 1. The van der Waals surface area contributed by atoms with Crippen LogP contribution in [0.3, 0.4) is 0 Å². The van der Waals surface area contributed by atoms with E-state index in [1.165, 1.54) is 0 Å². The van der Waals surface area contributed by atoms with Gasteiger partial charge in [0.05, 0.1) is 0 Å². The molecule has 0 aliphatic heterocycles. The predicted octanol–water partition coefficient (Wildman–Crippen LogP) is 4.08. The molecular weight excluding hydrogens is 268 g/mol. The van der Waals surface area contributed by atoms with Gasteiger partial charge in [-0.15, -0.1) is 0 Å². The lowest BCUT2D eigenvalue weighted by Crippen LogP contribution is -2.32. The Bertz CT molecular complexity index is 359. The van der Waals surface area contributed by atoms with Crippen LogP contribution in [-0.2, 0) is 0 Å². The number of rotatable bonds is 8. The highest BCUT2D eigenvalue weighted by atomic mass is 32.2. The van der Waals surface area contributed by atoms with Crippen LogP contribution in [0.15, 0.2) is 24.3 Å². The van der Waals surface area contributed by atoms with Gasteiger partial charge in [-0.1, -0.05) is 19.1 Å². The van der Waals surface area contributed by atoms with Gasteiger partial charge in [0, 0.05) is 17.8 Å². The fourth-order valence-corrected chi connectivity index (χ4v) is 2.61. The molecule has 5 heteroatoms. The average molecular weight is 289 g/mol. The molecule has 0 aliphatic carbocycles. The Balaban J connectivity index is 2.59. The molecule has 0 aliphatic rings. The van der Waals surface area contributed by atoms with Crippen LogP contribution in [0.4, 0.5) is 8.78 Å². The van der Waals surface area contributed by atoms with E-state index in [1.54, 1.807) is 12.1 Å². The quantitative estimate of drug-likeness (QED) is 0.779. The van der Waals surface area contributed by atoms with E-state index in [9.17, 15) is 8.78 Å². The van der Waals surface area contributed by atoms with E-state index in [-0.39, 0.29) is 11.8 Å². The first-order chi connectivity index (χ1) is 9.06. The van der Waals surface area contributed by atoms with Crippen LogP contribution in [0.1, 0.15) is 31.9 Å². The summed E-state index contributed by atoms with van der Waals surface area (Å²) in [6.07, 6.45) is 3.16. The Morgan fingerprint density at radius 2 is 1.89 bits per heavy atom. The third kappa shape index (κ3) is 5.78. The summed E-state index contributed by atoms with van der Waals surface area (Å²) < 4.78 is 28.4. The van der Waals surface area contributed by atoms with Crippen molar-refractivity contribution >= 4 is 11.8 Å². The van der Waals surface area contributed by atoms with Crippen molar-refractivity contribution in [2.45, 2.75) is 39.0 Å². The number of ether oxygens (including phenoxy) is 1. The molecule has 0 radical (unpaired) electrons. The molecule has 0 amide bonds. The summed E-state index contributed by atoms with van der Waals surface area (Å²) in [4.78, 5) is 0. The molecule has 0 fully saturated rings. The summed E-state index contributed by atoms with van der Waals surface area (Å²) in [6, 6.07) is 7.45. The molecule has 0 aromatic heterocycles. The van der Waals surface area contributed by atoms with Crippen LogP contribution in [0.25, 0.3) is 0 Å². The smallest absolute Gasteiger partial charge is 0.387 e. The maximum absolute atomic E-state index is 12.0. The Hall–Kier alpha value is -0.810. The first kappa shape index (κ1) is 16.2. The van der Waals surface area contributed by atoms with Crippen molar-refractivity contribution in [3.63, 3.8) is 0 Å². The van der Waals surface area contributed by atoms with E-state index < -0.39 is 6.61 Å². The van der Waals surface area contributed by atoms with Crippen molar-refractivity contribution in [1.29, 1.82) is 0 Å². The predicted molar refractivity (Wildman–Crippen MR) is 77.1 cm³/mol. The van der Waals surface area contributed by atoms with Gasteiger partial charge in [0.1, 0.15) is 5.75 Å². The highest BCUT2D eigenvalue weighted by molar-refractivity contribution is 7.98. The summed E-state index contributed by atoms with van der Waals surface area (Å²) >= 11 is 1.81. The second kappa shape index (κ2) is 8.38. The van der Waals surface area contributed by atoms with Crippen LogP contribution < -0.4 is 10.1 Å². The molecule has 0 saturated carbocycles. The largest absolute Gasteiger partial charge is 0.435 e. The second-order valence-electron chi connectivity index (χ2n) is 4.40. The molecule has 0 spiro atoms. The number of halogens is 2. The molecule has 2 unspecified atom stereocenters. The zero-order chi connectivity index (χ0) is 14.3. The molecule has 1 rings (SSSR count). The second-order valence-corrected chi connectivity index (χ2v) is 5.31. The Kier molecular flexibility index (Phi) is 7.16. The SMILES string of the molecule is CCC(CSC)NC(C)c1ccc(OC(F)F)cc1. The van der Waals surface area contributed by atoms with Crippen LogP contribution >= 0.6 is 11.8 Å². The lowest BCUT2D eigenvalue weighted by Gasteiger charge is -2.22. The summed E-state index contributed by atoms with van der Waals surface area (Å²) in [6.45, 7) is 1.46. The van der Waals surface area contributed by atoms with Gasteiger partial charge in [0.25, 0.3) is 0 Å². The van der Waals surface area contributed by atoms with Crippen LogP contribution in [0.5, 0.6) is 5.75 Å². The summed E-state index contributed by atoms with van der Waals surface area (Å²) in [5.74, 6) is 1.26. The van der Waals surface area contributed by atoms with Gasteiger partial charge in [-0.3, -0.25) is 0 Å². The third-order valence-corrected chi connectivity index (χ3v) is 3.69. The zero-order valence-electron chi connectivity index (χ0n) is 11.5. The number of thioether (sulfide) groups is 1. The molecule has 0 heterocycles. The first-order valence-electron chi connectivity index (χ1n) is 6.36. The van der Waals surface area contributed by atoms with Crippen molar-refractivity contribution in [2.24, 2.45) is 0 Å². The van der Waals surface area contributed by atoms with E-state index in [0.29, 0.717) is 6.04 Å². The van der Waals surface area contributed by atoms with Crippen molar-refractivity contribution in [1.82, 2.24) is 5.32 Å². The summed E-state index contributed by atoms with van der Waals surface area (Å²) in [5, 5.41) is 3.53. The van der Waals surface area contributed by atoms with Gasteiger partial charge >= 0.3 is 6.61 Å². The fraction of sp³-hybridized carbons (Fsp3) is 0.571. The molecule has 2 nitrogen and oxygen atoms in total. The molecule has 1 aromatic carbocycles. The molecule has 108 valence electrons. The van der Waals surface area contributed by atoms with Gasteiger partial charge < -0.3 is 10.1 Å². The molecule has 1 N–H and O–H groups in total. The topological polar surface area (TPSA) is 21.3 Å². The van der Waals surface area contributed by atoms with Gasteiger partial charge in [0.2, 0.25) is 0 Å². The first-order valence-corrected chi connectivity index (χ1v) is 7.76. The van der Waals surface area contributed by atoms with Gasteiger partial charge in [0.15, 0.2) is 0 Å². The van der Waals surface area contributed by atoms with E-state index >= 15 is 0 Å². The number of nitrogens with one attached hydrogen (secondary N) is 1. The Morgan fingerprint density at radius 3 is 2.37 bits per heavy atom. The number of alkyl halides is 2. The zero-order valence-corrected chi connectivity index (χ0v) is 12.3. The van der Waals surface area contributed by atoms with Crippen molar-refractivity contribution in [2.75, 3.05) is 12.0 Å². The number of hydrogen-bond acceptors (Lipinski definition) is 3. The van der Waals surface area contributed by atoms with E-state index in [1.807, 2.05) is 23.9 Å². The highest BCUT2D eigenvalue weighted by Crippen LogP contribution is 2.20. The van der Waals surface area contributed by atoms with E-state index in [4.69, 9.17) is 0 Å². The summed E-state index contributed by atoms with van der Waals surface area (Å²) in [5.41, 5.74) is 1.07. The Morgan fingerprint density at radius 1 is 1.26 bits per heavy atom. The Labute approximate surface area is 117 Å². The molecule has 1 aromatic rings. The molecule has 0 saturated heterocycles. The minimum Gasteiger partial charge on any atom is -0.435 e. The van der Waals surface area contributed by atoms with Crippen LogP contribution in [-0.4, -0.2) is 24.7 Å². The number of hydrogen-bond donors (Lipinski definition) is 1. The molecule has 0 bridgehead atoms. The van der Waals surface area contributed by atoms with E-state index in [2.05, 4.69) is 30.2 Å². The summed E-state index contributed by atoms with van der Waals surface area (Å²) in [7, 11) is 0. The van der Waals surface area contributed by atoms with Gasteiger partial charge in [-0.2, -0.15) is 20.5 Å². The lowest BCUT2D eigenvalue weighted by atomic mass is 10.1. The maximum atomic E-state index is 12.0. The minimum atomic E-state index is -2.77. The normalized spacial score (nSPS) is 14.4.